The van der Waals surface area contributed by atoms with Crippen LogP contribution < -0.4 is 9.47 Å². The van der Waals surface area contributed by atoms with Crippen molar-refractivity contribution in [3.05, 3.63) is 59.4 Å². The smallest absolute Gasteiger partial charge is 0.241 e. The van der Waals surface area contributed by atoms with Crippen molar-refractivity contribution in [3.63, 3.8) is 0 Å². The first kappa shape index (κ1) is 22.5. The second-order valence-corrected chi connectivity index (χ2v) is 8.12. The minimum Gasteiger partial charge on any atom is -0.497 e. The first-order chi connectivity index (χ1) is 15.6. The van der Waals surface area contributed by atoms with Crippen molar-refractivity contribution >= 4 is 11.6 Å². The molecule has 0 saturated carbocycles. The number of hydrogen-bond acceptors (Lipinski definition) is 8. The van der Waals surface area contributed by atoms with Gasteiger partial charge in [-0.05, 0) is 36.4 Å². The first-order valence-electron chi connectivity index (χ1n) is 10.6. The Labute approximate surface area is 192 Å². The molecule has 1 fully saturated rings. The molecule has 8 nitrogen and oxygen atoms in total. The fourth-order valence-corrected chi connectivity index (χ4v) is 3.79. The predicted octanol–water partition coefficient (Wildman–Crippen LogP) is 2.96. The number of aliphatic hydroxyl groups is 1. The molecule has 1 aliphatic heterocycles. The van der Waals surface area contributed by atoms with E-state index in [1.165, 1.54) is 0 Å². The van der Waals surface area contributed by atoms with Gasteiger partial charge < -0.3 is 19.1 Å². The van der Waals surface area contributed by atoms with Crippen molar-refractivity contribution in [1.82, 2.24) is 19.9 Å². The van der Waals surface area contributed by atoms with Gasteiger partial charge in [-0.15, -0.1) is 0 Å². The summed E-state index contributed by atoms with van der Waals surface area (Å²) in [4.78, 5) is 9.02. The van der Waals surface area contributed by atoms with Crippen molar-refractivity contribution in [2.24, 2.45) is 0 Å². The van der Waals surface area contributed by atoms with Gasteiger partial charge in [0.05, 0.1) is 18.7 Å². The molecule has 0 amide bonds. The lowest BCUT2D eigenvalue weighted by molar-refractivity contribution is 0.0426. The molecule has 32 heavy (non-hydrogen) atoms. The van der Waals surface area contributed by atoms with Crippen LogP contribution in [-0.2, 0) is 6.54 Å². The second-order valence-electron chi connectivity index (χ2n) is 7.71. The molecule has 1 atom stereocenters. The average molecular weight is 459 g/mol. The van der Waals surface area contributed by atoms with Crippen molar-refractivity contribution in [2.45, 2.75) is 12.6 Å². The third-order valence-electron chi connectivity index (χ3n) is 5.38. The summed E-state index contributed by atoms with van der Waals surface area (Å²) in [5.41, 5.74) is 0.888. The molecule has 0 radical (unpaired) electrons. The van der Waals surface area contributed by atoms with Crippen LogP contribution in [0.2, 0.25) is 5.02 Å². The van der Waals surface area contributed by atoms with Gasteiger partial charge in [0.2, 0.25) is 11.7 Å². The van der Waals surface area contributed by atoms with Crippen molar-refractivity contribution in [2.75, 3.05) is 46.4 Å². The Balaban J connectivity index is 1.20. The van der Waals surface area contributed by atoms with E-state index in [9.17, 15) is 5.11 Å². The predicted molar refractivity (Wildman–Crippen MR) is 121 cm³/mol. The van der Waals surface area contributed by atoms with E-state index < -0.39 is 6.10 Å². The number of nitrogens with zero attached hydrogens (tertiary/aromatic N) is 4. The van der Waals surface area contributed by atoms with E-state index in [0.717, 1.165) is 37.5 Å². The molecule has 1 saturated heterocycles. The van der Waals surface area contributed by atoms with E-state index in [1.807, 2.05) is 36.4 Å². The molecular weight excluding hydrogens is 432 g/mol. The maximum absolute atomic E-state index is 10.3. The highest BCUT2D eigenvalue weighted by molar-refractivity contribution is 6.32. The Morgan fingerprint density at radius 1 is 1.06 bits per heavy atom. The zero-order chi connectivity index (χ0) is 22.3. The molecular formula is C23H27ClN4O4. The molecule has 0 aliphatic carbocycles. The number of piperazine rings is 1. The SMILES string of the molecule is COc1ccc(-c2noc(CN3CCN(CC(O)COc4ccccc4Cl)CC3)n2)cc1. The lowest BCUT2D eigenvalue weighted by atomic mass is 10.2. The number of hydrogen-bond donors (Lipinski definition) is 1. The number of halogens is 1. The molecule has 0 spiro atoms. The Morgan fingerprint density at radius 2 is 1.78 bits per heavy atom. The van der Waals surface area contributed by atoms with Gasteiger partial charge in [-0.25, -0.2) is 0 Å². The standard InChI is InChI=1S/C23H27ClN4O4/c1-30-19-8-6-17(7-9-19)23-25-22(32-26-23)15-28-12-10-27(11-13-28)14-18(29)16-31-21-5-3-2-4-20(21)24/h2-9,18,29H,10-16H2,1H3. The molecule has 1 N–H and O–H groups in total. The van der Waals surface area contributed by atoms with Crippen molar-refractivity contribution < 1.29 is 19.1 Å². The molecule has 1 unspecified atom stereocenters. The van der Waals surface area contributed by atoms with Crippen LogP contribution in [0, 0.1) is 0 Å². The molecule has 9 heteroatoms. The Morgan fingerprint density at radius 3 is 2.50 bits per heavy atom. The van der Waals surface area contributed by atoms with Crippen LogP contribution in [0.25, 0.3) is 11.4 Å². The summed E-state index contributed by atoms with van der Waals surface area (Å²) in [6.07, 6.45) is -0.583. The summed E-state index contributed by atoms with van der Waals surface area (Å²) in [6.45, 7) is 4.79. The average Bonchev–Trinajstić information content (AvgIpc) is 3.28. The summed E-state index contributed by atoms with van der Waals surface area (Å²) in [5, 5.41) is 15.0. The number of β-amino-alcohol motifs (C(OH)–C–C–N with tert-alkyl or cyclic N) is 1. The first-order valence-corrected chi connectivity index (χ1v) is 11.0. The van der Waals surface area contributed by atoms with Gasteiger partial charge in [0.25, 0.3) is 0 Å². The number of rotatable bonds is 9. The molecule has 2 heterocycles. The number of ether oxygens (including phenoxy) is 2. The summed E-state index contributed by atoms with van der Waals surface area (Å²) in [5.74, 6) is 2.54. The van der Waals surface area contributed by atoms with Crippen LogP contribution in [0.3, 0.4) is 0 Å². The second kappa shape index (κ2) is 10.8. The quantitative estimate of drug-likeness (QED) is 0.524. The number of aliphatic hydroxyl groups excluding tert-OH is 1. The fraction of sp³-hybridized carbons (Fsp3) is 0.391. The molecule has 2 aromatic carbocycles. The topological polar surface area (TPSA) is 84.1 Å². The van der Waals surface area contributed by atoms with Crippen molar-refractivity contribution in [3.8, 4) is 22.9 Å². The van der Waals surface area contributed by atoms with Crippen LogP contribution >= 0.6 is 11.6 Å². The molecule has 4 rings (SSSR count). The summed E-state index contributed by atoms with van der Waals surface area (Å²) >= 11 is 6.09. The Hall–Kier alpha value is -2.65. The van der Waals surface area contributed by atoms with Crippen LogP contribution in [0.4, 0.5) is 0 Å². The van der Waals surface area contributed by atoms with Crippen molar-refractivity contribution in [1.29, 1.82) is 0 Å². The molecule has 3 aromatic rings. The molecule has 0 bridgehead atoms. The highest BCUT2D eigenvalue weighted by atomic mass is 35.5. The van der Waals surface area contributed by atoms with Gasteiger partial charge in [0.1, 0.15) is 24.2 Å². The highest BCUT2D eigenvalue weighted by Gasteiger charge is 2.21. The number of benzene rings is 2. The van der Waals surface area contributed by atoms with Gasteiger partial charge in [0.15, 0.2) is 0 Å². The van der Waals surface area contributed by atoms with Crippen LogP contribution in [0.1, 0.15) is 5.89 Å². The Bertz CT molecular complexity index is 990. The minimum absolute atomic E-state index is 0.208. The van der Waals surface area contributed by atoms with Gasteiger partial charge in [-0.1, -0.05) is 28.9 Å². The maximum Gasteiger partial charge on any atom is 0.241 e. The van der Waals surface area contributed by atoms with Crippen LogP contribution in [0.5, 0.6) is 11.5 Å². The van der Waals surface area contributed by atoms with E-state index in [4.69, 9.17) is 25.6 Å². The molecule has 1 aromatic heterocycles. The summed E-state index contributed by atoms with van der Waals surface area (Å²) in [7, 11) is 1.64. The van der Waals surface area contributed by atoms with E-state index in [1.54, 1.807) is 19.2 Å². The Kier molecular flexibility index (Phi) is 7.59. The largest absolute Gasteiger partial charge is 0.497 e. The zero-order valence-corrected chi connectivity index (χ0v) is 18.7. The molecule has 170 valence electrons. The summed E-state index contributed by atoms with van der Waals surface area (Å²) < 4.78 is 16.3. The van der Waals surface area contributed by atoms with E-state index in [0.29, 0.717) is 35.6 Å². The van der Waals surface area contributed by atoms with Crippen LogP contribution in [0.15, 0.2) is 53.1 Å². The summed E-state index contributed by atoms with van der Waals surface area (Å²) in [6, 6.07) is 14.8. The number of aromatic nitrogens is 2. The number of para-hydroxylation sites is 1. The van der Waals surface area contributed by atoms with E-state index in [-0.39, 0.29) is 6.61 Å². The van der Waals surface area contributed by atoms with Gasteiger partial charge in [-0.2, -0.15) is 4.98 Å². The lowest BCUT2D eigenvalue weighted by Gasteiger charge is -2.34. The fourth-order valence-electron chi connectivity index (χ4n) is 3.60. The zero-order valence-electron chi connectivity index (χ0n) is 18.0. The third-order valence-corrected chi connectivity index (χ3v) is 5.69. The maximum atomic E-state index is 10.3. The van der Waals surface area contributed by atoms with Gasteiger partial charge in [-0.3, -0.25) is 9.80 Å². The van der Waals surface area contributed by atoms with Crippen LogP contribution in [-0.4, -0.2) is 77.6 Å². The van der Waals surface area contributed by atoms with E-state index >= 15 is 0 Å². The normalized spacial score (nSPS) is 16.1. The molecule has 1 aliphatic rings. The van der Waals surface area contributed by atoms with E-state index in [2.05, 4.69) is 19.9 Å². The van der Waals surface area contributed by atoms with Gasteiger partial charge >= 0.3 is 0 Å². The number of methoxy groups -OCH3 is 1. The van der Waals surface area contributed by atoms with Gasteiger partial charge in [0, 0.05) is 38.3 Å². The highest BCUT2D eigenvalue weighted by Crippen LogP contribution is 2.23. The monoisotopic (exact) mass is 458 g/mol. The minimum atomic E-state index is -0.583. The lowest BCUT2D eigenvalue weighted by Crippen LogP contribution is -2.48. The third kappa shape index (κ3) is 5.98.